The molecule has 0 aliphatic heterocycles. The van der Waals surface area contributed by atoms with Crippen LogP contribution in [0.2, 0.25) is 5.15 Å². The summed E-state index contributed by atoms with van der Waals surface area (Å²) in [6, 6.07) is 1.89. The van der Waals surface area contributed by atoms with E-state index in [2.05, 4.69) is 9.97 Å². The molecule has 0 radical (unpaired) electrons. The second-order valence-electron chi connectivity index (χ2n) is 5.60. The van der Waals surface area contributed by atoms with Crippen molar-refractivity contribution >= 4 is 23.2 Å². The molecule has 1 aliphatic carbocycles. The first kappa shape index (κ1) is 14.8. The van der Waals surface area contributed by atoms with E-state index in [9.17, 15) is 0 Å². The lowest BCUT2D eigenvalue weighted by molar-refractivity contribution is 0.671. The summed E-state index contributed by atoms with van der Waals surface area (Å²) in [5.41, 5.74) is 2.89. The van der Waals surface area contributed by atoms with Crippen LogP contribution in [-0.2, 0) is 5.88 Å². The normalized spacial score (nSPS) is 15.8. The molecule has 2 aromatic rings. The molecular weight excluding hydrogens is 307 g/mol. The zero-order chi connectivity index (χ0) is 15.0. The highest BCUT2D eigenvalue weighted by Crippen LogP contribution is 2.38. The highest BCUT2D eigenvalue weighted by Gasteiger charge is 2.26. The van der Waals surface area contributed by atoms with E-state index in [0.29, 0.717) is 28.6 Å². The van der Waals surface area contributed by atoms with Gasteiger partial charge in [0.1, 0.15) is 11.0 Å². The molecule has 112 valence electrons. The average molecular weight is 325 g/mol. The molecule has 1 saturated carbocycles. The molecule has 4 nitrogen and oxygen atoms in total. The Morgan fingerprint density at radius 2 is 1.95 bits per heavy atom. The Morgan fingerprint density at radius 1 is 1.24 bits per heavy atom. The number of aryl methyl sites for hydroxylation is 2. The summed E-state index contributed by atoms with van der Waals surface area (Å²) < 4.78 is 1.70. The number of hydrogen-bond donors (Lipinski definition) is 0. The van der Waals surface area contributed by atoms with Gasteiger partial charge in [-0.25, -0.2) is 14.6 Å². The first-order chi connectivity index (χ1) is 10.1. The lowest BCUT2D eigenvalue weighted by atomic mass is 10.0. The Hall–Kier alpha value is -1.13. The Bertz CT molecular complexity index is 640. The molecule has 0 amide bonds. The van der Waals surface area contributed by atoms with Crippen LogP contribution in [0, 0.1) is 13.8 Å². The smallest absolute Gasteiger partial charge is 0.159 e. The Morgan fingerprint density at radius 3 is 2.57 bits per heavy atom. The molecule has 6 heteroatoms. The van der Waals surface area contributed by atoms with Crippen molar-refractivity contribution in [2.24, 2.45) is 0 Å². The number of alkyl halides is 1. The minimum atomic E-state index is 0.383. The number of nitrogens with zero attached hydrogens (tertiary/aromatic N) is 4. The van der Waals surface area contributed by atoms with Crippen molar-refractivity contribution in [2.45, 2.75) is 51.3 Å². The summed E-state index contributed by atoms with van der Waals surface area (Å²) in [6.07, 6.45) is 4.84. The molecule has 1 fully saturated rings. The highest BCUT2D eigenvalue weighted by molar-refractivity contribution is 6.31. The van der Waals surface area contributed by atoms with Crippen molar-refractivity contribution < 1.29 is 0 Å². The van der Waals surface area contributed by atoms with E-state index in [4.69, 9.17) is 28.3 Å². The van der Waals surface area contributed by atoms with Crippen LogP contribution in [0.5, 0.6) is 0 Å². The molecule has 2 heterocycles. The maximum absolute atomic E-state index is 6.50. The molecule has 0 spiro atoms. The molecule has 0 atom stereocenters. The molecule has 0 N–H and O–H groups in total. The van der Waals surface area contributed by atoms with Crippen LogP contribution in [0.1, 0.15) is 54.4 Å². The van der Waals surface area contributed by atoms with E-state index in [1.165, 1.54) is 25.7 Å². The van der Waals surface area contributed by atoms with E-state index in [1.54, 1.807) is 4.68 Å². The Kier molecular flexibility index (Phi) is 4.18. The molecule has 3 rings (SSSR count). The fourth-order valence-corrected chi connectivity index (χ4v) is 3.67. The maximum atomic E-state index is 6.50. The summed E-state index contributed by atoms with van der Waals surface area (Å²) >= 11 is 12.6. The highest BCUT2D eigenvalue weighted by atomic mass is 35.5. The second kappa shape index (κ2) is 5.93. The van der Waals surface area contributed by atoms with Gasteiger partial charge in [0.15, 0.2) is 5.82 Å². The zero-order valence-corrected chi connectivity index (χ0v) is 13.7. The Labute approximate surface area is 134 Å². The first-order valence-corrected chi connectivity index (χ1v) is 8.17. The fourth-order valence-electron chi connectivity index (χ4n) is 3.05. The summed E-state index contributed by atoms with van der Waals surface area (Å²) in [5, 5.41) is 5.30. The first-order valence-electron chi connectivity index (χ1n) is 7.26. The van der Waals surface area contributed by atoms with Crippen LogP contribution in [0.4, 0.5) is 0 Å². The van der Waals surface area contributed by atoms with Gasteiger partial charge < -0.3 is 0 Å². The van der Waals surface area contributed by atoms with E-state index in [0.717, 1.165) is 17.0 Å². The minimum absolute atomic E-state index is 0.383. The molecule has 0 unspecified atom stereocenters. The predicted molar refractivity (Wildman–Crippen MR) is 84.4 cm³/mol. The third kappa shape index (κ3) is 2.79. The monoisotopic (exact) mass is 324 g/mol. The minimum Gasteiger partial charge on any atom is -0.238 e. The third-order valence-electron chi connectivity index (χ3n) is 4.00. The largest absolute Gasteiger partial charge is 0.238 e. The van der Waals surface area contributed by atoms with Crippen molar-refractivity contribution in [1.29, 1.82) is 0 Å². The van der Waals surface area contributed by atoms with Gasteiger partial charge in [-0.3, -0.25) is 0 Å². The molecule has 0 saturated heterocycles. The molecule has 1 aliphatic rings. The fraction of sp³-hybridized carbons (Fsp3) is 0.533. The second-order valence-corrected chi connectivity index (χ2v) is 6.22. The van der Waals surface area contributed by atoms with Gasteiger partial charge in [-0.15, -0.1) is 11.6 Å². The average Bonchev–Trinajstić information content (AvgIpc) is 3.04. The molecule has 21 heavy (non-hydrogen) atoms. The molecule has 2 aromatic heterocycles. The van der Waals surface area contributed by atoms with Crippen molar-refractivity contribution in [1.82, 2.24) is 19.7 Å². The van der Waals surface area contributed by atoms with Crippen LogP contribution in [0.3, 0.4) is 0 Å². The SMILES string of the molecule is Cc1cc(-n2nc(C3CCCC3)c(CCl)c2Cl)nc(C)n1. The van der Waals surface area contributed by atoms with Gasteiger partial charge in [0.25, 0.3) is 0 Å². The van der Waals surface area contributed by atoms with Gasteiger partial charge in [-0.2, -0.15) is 5.10 Å². The lowest BCUT2D eigenvalue weighted by Crippen LogP contribution is -2.04. The number of halogens is 2. The van der Waals surface area contributed by atoms with Crippen molar-refractivity contribution in [3.63, 3.8) is 0 Å². The summed E-state index contributed by atoms with van der Waals surface area (Å²) in [6.45, 7) is 3.81. The predicted octanol–water partition coefficient (Wildman–Crippen LogP) is 4.33. The van der Waals surface area contributed by atoms with Crippen molar-refractivity contribution in [3.05, 3.63) is 34.0 Å². The van der Waals surface area contributed by atoms with Crippen LogP contribution >= 0.6 is 23.2 Å². The van der Waals surface area contributed by atoms with E-state index in [-0.39, 0.29) is 0 Å². The number of aromatic nitrogens is 4. The van der Waals surface area contributed by atoms with E-state index in [1.807, 2.05) is 19.9 Å². The quantitative estimate of drug-likeness (QED) is 0.789. The van der Waals surface area contributed by atoms with Crippen LogP contribution < -0.4 is 0 Å². The number of rotatable bonds is 3. The van der Waals surface area contributed by atoms with Gasteiger partial charge in [-0.1, -0.05) is 24.4 Å². The number of hydrogen-bond acceptors (Lipinski definition) is 3. The van der Waals surface area contributed by atoms with Crippen LogP contribution in [0.15, 0.2) is 6.07 Å². The van der Waals surface area contributed by atoms with Crippen molar-refractivity contribution in [3.8, 4) is 5.82 Å². The summed E-state index contributed by atoms with van der Waals surface area (Å²) in [4.78, 5) is 8.74. The molecule has 0 bridgehead atoms. The van der Waals surface area contributed by atoms with Crippen LogP contribution in [0.25, 0.3) is 5.82 Å². The maximum Gasteiger partial charge on any atom is 0.159 e. The Balaban J connectivity index is 2.10. The summed E-state index contributed by atoms with van der Waals surface area (Å²) in [5.74, 6) is 2.28. The zero-order valence-electron chi connectivity index (χ0n) is 12.2. The van der Waals surface area contributed by atoms with Gasteiger partial charge in [0, 0.05) is 23.2 Å². The topological polar surface area (TPSA) is 43.6 Å². The molecule has 0 aromatic carbocycles. The van der Waals surface area contributed by atoms with Gasteiger partial charge in [-0.05, 0) is 26.7 Å². The van der Waals surface area contributed by atoms with Crippen LogP contribution in [-0.4, -0.2) is 19.7 Å². The van der Waals surface area contributed by atoms with Gasteiger partial charge in [0.2, 0.25) is 0 Å². The third-order valence-corrected chi connectivity index (χ3v) is 4.65. The summed E-state index contributed by atoms with van der Waals surface area (Å²) in [7, 11) is 0. The van der Waals surface area contributed by atoms with E-state index < -0.39 is 0 Å². The lowest BCUT2D eigenvalue weighted by Gasteiger charge is -2.06. The standard InChI is InChI=1S/C15H18Cl2N4/c1-9-7-13(19-10(2)18-9)21-15(17)12(8-16)14(20-21)11-5-3-4-6-11/h7,11H,3-6,8H2,1-2H3. The van der Waals surface area contributed by atoms with Gasteiger partial charge in [0.05, 0.1) is 11.6 Å². The van der Waals surface area contributed by atoms with E-state index >= 15 is 0 Å². The van der Waals surface area contributed by atoms with Gasteiger partial charge >= 0.3 is 0 Å². The molecular formula is C15H18Cl2N4. The van der Waals surface area contributed by atoms with Crippen molar-refractivity contribution in [2.75, 3.05) is 0 Å².